The summed E-state index contributed by atoms with van der Waals surface area (Å²) < 4.78 is 37.1. The van der Waals surface area contributed by atoms with Crippen LogP contribution in [0.4, 0.5) is 0 Å². The molecular formula is C26H50O9. The molecular weight excluding hydrogens is 456 g/mol. The van der Waals surface area contributed by atoms with Crippen molar-refractivity contribution in [2.45, 2.75) is 84.7 Å². The van der Waals surface area contributed by atoms with E-state index in [1.165, 1.54) is 32.1 Å². The van der Waals surface area contributed by atoms with Crippen LogP contribution in [0.3, 0.4) is 0 Å². The van der Waals surface area contributed by atoms with Crippen molar-refractivity contribution in [3.8, 4) is 0 Å². The van der Waals surface area contributed by atoms with Gasteiger partial charge in [0.25, 0.3) is 0 Å². The molecule has 208 valence electrons. The lowest BCUT2D eigenvalue weighted by Gasteiger charge is -2.19. The van der Waals surface area contributed by atoms with Gasteiger partial charge in [-0.25, -0.2) is 4.79 Å². The highest BCUT2D eigenvalue weighted by atomic mass is 16.6. The fraction of sp³-hybridized carbons (Fsp3) is 0.923. The van der Waals surface area contributed by atoms with Gasteiger partial charge in [0.1, 0.15) is 18.8 Å². The predicted octanol–water partition coefficient (Wildman–Crippen LogP) is 4.10. The van der Waals surface area contributed by atoms with Gasteiger partial charge >= 0.3 is 11.9 Å². The smallest absolute Gasteiger partial charge is 0.332 e. The fourth-order valence-electron chi connectivity index (χ4n) is 2.92. The molecule has 0 fully saturated rings. The maximum absolute atomic E-state index is 11.6. The number of hydrogen-bond donors (Lipinski definition) is 0. The zero-order valence-electron chi connectivity index (χ0n) is 22.6. The third-order valence-electron chi connectivity index (χ3n) is 4.60. The maximum Gasteiger partial charge on any atom is 0.332 e. The normalized spacial score (nSPS) is 11.5. The lowest BCUT2D eigenvalue weighted by Crippen LogP contribution is -2.27. The van der Waals surface area contributed by atoms with Crippen LogP contribution in [0.2, 0.25) is 0 Å². The van der Waals surface area contributed by atoms with Gasteiger partial charge in [0.2, 0.25) is 0 Å². The first kappa shape index (κ1) is 33.7. The highest BCUT2D eigenvalue weighted by Gasteiger charge is 2.15. The molecule has 0 amide bonds. The van der Waals surface area contributed by atoms with Crippen LogP contribution in [0.25, 0.3) is 0 Å². The molecule has 0 saturated carbocycles. The van der Waals surface area contributed by atoms with E-state index in [4.69, 9.17) is 33.2 Å². The maximum atomic E-state index is 11.6. The van der Waals surface area contributed by atoms with Gasteiger partial charge in [0, 0.05) is 6.42 Å². The molecule has 35 heavy (non-hydrogen) atoms. The predicted molar refractivity (Wildman–Crippen MR) is 134 cm³/mol. The molecule has 9 nitrogen and oxygen atoms in total. The molecule has 0 aliphatic heterocycles. The Labute approximate surface area is 212 Å². The monoisotopic (exact) mass is 506 g/mol. The highest BCUT2D eigenvalue weighted by Crippen LogP contribution is 2.09. The van der Waals surface area contributed by atoms with Gasteiger partial charge in [-0.1, -0.05) is 45.4 Å². The van der Waals surface area contributed by atoms with E-state index in [-0.39, 0.29) is 25.2 Å². The number of hydrogen-bond acceptors (Lipinski definition) is 9. The summed E-state index contributed by atoms with van der Waals surface area (Å²) in [6, 6.07) is 0. The summed E-state index contributed by atoms with van der Waals surface area (Å²) in [7, 11) is 0. The van der Waals surface area contributed by atoms with E-state index in [2.05, 4.69) is 6.92 Å². The number of carbonyl (C=O) groups excluding carboxylic acids is 2. The summed E-state index contributed by atoms with van der Waals surface area (Å²) in [5.41, 5.74) is -0.506. The molecule has 0 rings (SSSR count). The van der Waals surface area contributed by atoms with Crippen molar-refractivity contribution in [1.29, 1.82) is 0 Å². The Morgan fingerprint density at radius 2 is 0.971 bits per heavy atom. The molecule has 0 N–H and O–H groups in total. The van der Waals surface area contributed by atoms with E-state index in [1.807, 2.05) is 20.8 Å². The number of carbonyl (C=O) groups is 2. The van der Waals surface area contributed by atoms with E-state index in [0.717, 1.165) is 12.8 Å². The van der Waals surface area contributed by atoms with Gasteiger partial charge in [-0.2, -0.15) is 0 Å². The van der Waals surface area contributed by atoms with Crippen molar-refractivity contribution in [1.82, 2.24) is 0 Å². The molecule has 0 aromatic heterocycles. The minimum Gasteiger partial charge on any atom is -0.463 e. The number of rotatable bonds is 25. The van der Waals surface area contributed by atoms with Crippen LogP contribution in [0.15, 0.2) is 0 Å². The summed E-state index contributed by atoms with van der Waals surface area (Å²) >= 11 is 0. The quantitative estimate of drug-likeness (QED) is 0.134. The number of esters is 2. The lowest BCUT2D eigenvalue weighted by atomic mass is 10.1. The van der Waals surface area contributed by atoms with Crippen molar-refractivity contribution in [3.05, 3.63) is 0 Å². The Balaban J connectivity index is 3.20. The number of unbranched alkanes of at least 4 members (excludes halogenated alkanes) is 6. The van der Waals surface area contributed by atoms with Crippen LogP contribution in [0.1, 0.15) is 79.1 Å². The zero-order chi connectivity index (χ0) is 26.0. The fourth-order valence-corrected chi connectivity index (χ4v) is 2.92. The Morgan fingerprint density at radius 1 is 0.543 bits per heavy atom. The molecule has 0 unspecified atom stereocenters. The van der Waals surface area contributed by atoms with Crippen LogP contribution in [-0.4, -0.2) is 90.2 Å². The summed E-state index contributed by atoms with van der Waals surface area (Å²) in [4.78, 5) is 23.1. The summed E-state index contributed by atoms with van der Waals surface area (Å²) in [5.74, 6) is -0.531. The molecule has 0 aromatic rings. The largest absolute Gasteiger partial charge is 0.463 e. The van der Waals surface area contributed by atoms with Crippen LogP contribution >= 0.6 is 0 Å². The lowest BCUT2D eigenvalue weighted by molar-refractivity contribution is -0.160. The minimum absolute atomic E-state index is 0.0807. The van der Waals surface area contributed by atoms with Gasteiger partial charge < -0.3 is 33.2 Å². The summed E-state index contributed by atoms with van der Waals surface area (Å²) in [6.07, 6.45) is 8.79. The van der Waals surface area contributed by atoms with Crippen LogP contribution < -0.4 is 0 Å². The van der Waals surface area contributed by atoms with E-state index in [9.17, 15) is 9.59 Å². The second-order valence-corrected chi connectivity index (χ2v) is 9.18. The van der Waals surface area contributed by atoms with Crippen molar-refractivity contribution < 1.29 is 42.7 Å². The molecule has 0 atom stereocenters. The van der Waals surface area contributed by atoms with Crippen LogP contribution in [0, 0.1) is 0 Å². The van der Waals surface area contributed by atoms with Crippen molar-refractivity contribution in [2.75, 3.05) is 72.7 Å². The minimum atomic E-state index is -0.506. The Hall–Kier alpha value is -1.26. The molecule has 0 heterocycles. The number of ether oxygens (including phenoxy) is 7. The first-order chi connectivity index (χ1) is 16.8. The Bertz CT molecular complexity index is 492. The topological polar surface area (TPSA) is 98.8 Å². The SMILES string of the molecule is CCCCCCCCCC(=O)OCCOCCOCCOCCOCCOCC(=O)OC(C)(C)C. The molecule has 0 aliphatic carbocycles. The van der Waals surface area contributed by atoms with Gasteiger partial charge in [-0.15, -0.1) is 0 Å². The first-order valence-electron chi connectivity index (χ1n) is 13.1. The molecule has 0 aliphatic rings. The van der Waals surface area contributed by atoms with Gasteiger partial charge in [-0.05, 0) is 27.2 Å². The van der Waals surface area contributed by atoms with E-state index >= 15 is 0 Å². The molecule has 0 radical (unpaired) electrons. The Morgan fingerprint density at radius 3 is 1.46 bits per heavy atom. The van der Waals surface area contributed by atoms with Gasteiger partial charge in [0.15, 0.2) is 0 Å². The van der Waals surface area contributed by atoms with Crippen LogP contribution in [-0.2, 0) is 42.7 Å². The Kier molecular flexibility index (Phi) is 23.6. The third kappa shape index (κ3) is 28.9. The molecule has 0 spiro atoms. The zero-order valence-corrected chi connectivity index (χ0v) is 22.6. The van der Waals surface area contributed by atoms with Crippen molar-refractivity contribution in [3.63, 3.8) is 0 Å². The van der Waals surface area contributed by atoms with Gasteiger partial charge in [-0.3, -0.25) is 4.79 Å². The molecule has 0 aromatic carbocycles. The standard InChI is InChI=1S/C26H50O9/c1-5-6-7-8-9-10-11-12-24(27)34-22-21-32-18-17-30-14-13-29-15-16-31-19-20-33-23-25(28)35-26(2,3)4/h5-23H2,1-4H3. The molecule has 0 bridgehead atoms. The first-order valence-corrected chi connectivity index (χ1v) is 13.1. The van der Waals surface area contributed by atoms with Crippen molar-refractivity contribution >= 4 is 11.9 Å². The third-order valence-corrected chi connectivity index (χ3v) is 4.60. The second-order valence-electron chi connectivity index (χ2n) is 9.18. The van der Waals surface area contributed by atoms with Crippen molar-refractivity contribution in [2.24, 2.45) is 0 Å². The van der Waals surface area contributed by atoms with Gasteiger partial charge in [0.05, 0.1) is 59.5 Å². The average Bonchev–Trinajstić information content (AvgIpc) is 2.79. The summed E-state index contributed by atoms with van der Waals surface area (Å²) in [6.45, 7) is 11.7. The molecule has 9 heteroatoms. The van der Waals surface area contributed by atoms with E-state index in [0.29, 0.717) is 65.9 Å². The van der Waals surface area contributed by atoms with Crippen LogP contribution in [0.5, 0.6) is 0 Å². The average molecular weight is 507 g/mol. The highest BCUT2D eigenvalue weighted by molar-refractivity contribution is 5.71. The summed E-state index contributed by atoms with van der Waals surface area (Å²) in [5, 5.41) is 0. The van der Waals surface area contributed by atoms with E-state index < -0.39 is 5.60 Å². The second kappa shape index (κ2) is 24.4. The van der Waals surface area contributed by atoms with E-state index in [1.54, 1.807) is 0 Å². The molecule has 0 saturated heterocycles.